The average Bonchev–Trinajstić information content (AvgIpc) is 3.09. The van der Waals surface area contributed by atoms with Gasteiger partial charge in [-0.2, -0.15) is 0 Å². The predicted molar refractivity (Wildman–Crippen MR) is 76.7 cm³/mol. The predicted octanol–water partition coefficient (Wildman–Crippen LogP) is 1.42. The van der Waals surface area contributed by atoms with E-state index in [0.29, 0.717) is 18.3 Å². The molecule has 1 fully saturated rings. The molecule has 114 valence electrons. The number of hydrogen-bond donors (Lipinski definition) is 0. The first-order valence-electron chi connectivity index (χ1n) is 7.37. The van der Waals surface area contributed by atoms with Gasteiger partial charge in [0.2, 0.25) is 5.65 Å². The Kier molecular flexibility index (Phi) is 3.92. The Bertz CT molecular complexity index is 670. The van der Waals surface area contributed by atoms with E-state index in [1.807, 2.05) is 13.8 Å². The molecule has 0 bridgehead atoms. The van der Waals surface area contributed by atoms with Crippen molar-refractivity contribution < 1.29 is 9.47 Å². The SMILES string of the molecule is CC(C)n1c(OCCC2CCCO2)nn2ccnc2c1=O. The third-order valence-electron chi connectivity index (χ3n) is 3.64. The van der Waals surface area contributed by atoms with E-state index in [2.05, 4.69) is 10.1 Å². The highest BCUT2D eigenvalue weighted by atomic mass is 16.5. The molecular formula is C14H20N4O3. The summed E-state index contributed by atoms with van der Waals surface area (Å²) in [5.74, 6) is 0. The Morgan fingerprint density at radius 1 is 1.52 bits per heavy atom. The lowest BCUT2D eigenvalue weighted by Crippen LogP contribution is -2.28. The summed E-state index contributed by atoms with van der Waals surface area (Å²) in [5, 5.41) is 4.34. The van der Waals surface area contributed by atoms with Gasteiger partial charge in [-0.3, -0.25) is 9.36 Å². The molecule has 1 unspecified atom stereocenters. The van der Waals surface area contributed by atoms with Gasteiger partial charge in [-0.15, -0.1) is 5.10 Å². The van der Waals surface area contributed by atoms with E-state index in [-0.39, 0.29) is 17.7 Å². The molecular weight excluding hydrogens is 272 g/mol. The van der Waals surface area contributed by atoms with Gasteiger partial charge in [0, 0.05) is 31.5 Å². The summed E-state index contributed by atoms with van der Waals surface area (Å²) in [7, 11) is 0. The number of nitrogens with zero attached hydrogens (tertiary/aromatic N) is 4. The molecule has 7 nitrogen and oxygen atoms in total. The highest BCUT2D eigenvalue weighted by Gasteiger charge is 2.18. The fraction of sp³-hybridized carbons (Fsp3) is 0.643. The van der Waals surface area contributed by atoms with E-state index >= 15 is 0 Å². The third kappa shape index (κ3) is 2.78. The van der Waals surface area contributed by atoms with E-state index in [1.165, 1.54) is 9.08 Å². The van der Waals surface area contributed by atoms with Crippen molar-refractivity contribution >= 4 is 5.65 Å². The maximum absolute atomic E-state index is 12.4. The van der Waals surface area contributed by atoms with E-state index in [1.54, 1.807) is 12.4 Å². The first kappa shape index (κ1) is 14.1. The monoisotopic (exact) mass is 292 g/mol. The summed E-state index contributed by atoms with van der Waals surface area (Å²) in [6.07, 6.45) is 6.48. The van der Waals surface area contributed by atoms with Gasteiger partial charge in [-0.1, -0.05) is 0 Å². The third-order valence-corrected chi connectivity index (χ3v) is 3.64. The molecule has 0 radical (unpaired) electrons. The van der Waals surface area contributed by atoms with Gasteiger partial charge in [0.25, 0.3) is 5.56 Å². The molecule has 21 heavy (non-hydrogen) atoms. The topological polar surface area (TPSA) is 70.7 Å². The van der Waals surface area contributed by atoms with Crippen molar-refractivity contribution in [3.63, 3.8) is 0 Å². The van der Waals surface area contributed by atoms with Crippen molar-refractivity contribution in [2.75, 3.05) is 13.2 Å². The van der Waals surface area contributed by atoms with Crippen LogP contribution in [-0.4, -0.2) is 38.5 Å². The normalized spacial score (nSPS) is 18.7. The van der Waals surface area contributed by atoms with Crippen LogP contribution in [0.1, 0.15) is 39.2 Å². The Morgan fingerprint density at radius 3 is 3.10 bits per heavy atom. The number of aromatic nitrogens is 4. The second-order valence-electron chi connectivity index (χ2n) is 5.52. The Hall–Kier alpha value is -1.89. The Morgan fingerprint density at radius 2 is 2.38 bits per heavy atom. The zero-order chi connectivity index (χ0) is 14.8. The molecule has 1 aliphatic rings. The second-order valence-corrected chi connectivity index (χ2v) is 5.52. The summed E-state index contributed by atoms with van der Waals surface area (Å²) in [6.45, 7) is 5.18. The molecule has 0 aliphatic carbocycles. The molecule has 7 heteroatoms. The zero-order valence-electron chi connectivity index (χ0n) is 12.4. The number of hydrogen-bond acceptors (Lipinski definition) is 5. The van der Waals surface area contributed by atoms with E-state index in [0.717, 1.165) is 25.9 Å². The Balaban J connectivity index is 1.82. The lowest BCUT2D eigenvalue weighted by molar-refractivity contribution is 0.0873. The maximum Gasteiger partial charge on any atom is 0.317 e. The summed E-state index contributed by atoms with van der Waals surface area (Å²) in [5.41, 5.74) is 0.132. The summed E-state index contributed by atoms with van der Waals surface area (Å²) < 4.78 is 14.3. The number of rotatable bonds is 5. The van der Waals surface area contributed by atoms with Crippen LogP contribution in [0.5, 0.6) is 6.01 Å². The molecule has 1 aliphatic heterocycles. The van der Waals surface area contributed by atoms with Gasteiger partial charge in [-0.25, -0.2) is 9.50 Å². The van der Waals surface area contributed by atoms with Gasteiger partial charge in [-0.05, 0) is 26.7 Å². The van der Waals surface area contributed by atoms with Crippen LogP contribution < -0.4 is 10.3 Å². The average molecular weight is 292 g/mol. The van der Waals surface area contributed by atoms with Crippen LogP contribution in [-0.2, 0) is 4.74 Å². The molecule has 0 amide bonds. The zero-order valence-corrected chi connectivity index (χ0v) is 12.4. The first-order valence-corrected chi connectivity index (χ1v) is 7.37. The summed E-state index contributed by atoms with van der Waals surface area (Å²) >= 11 is 0. The molecule has 1 saturated heterocycles. The molecule has 3 rings (SSSR count). The van der Waals surface area contributed by atoms with Crippen LogP contribution in [0.25, 0.3) is 5.65 Å². The molecule has 3 heterocycles. The smallest absolute Gasteiger partial charge is 0.317 e. The lowest BCUT2D eigenvalue weighted by atomic mass is 10.2. The number of imidazole rings is 1. The molecule has 2 aromatic heterocycles. The van der Waals surface area contributed by atoms with Crippen molar-refractivity contribution in [3.8, 4) is 6.01 Å². The van der Waals surface area contributed by atoms with Gasteiger partial charge in [0.1, 0.15) is 0 Å². The van der Waals surface area contributed by atoms with Gasteiger partial charge < -0.3 is 9.47 Å². The minimum absolute atomic E-state index is 0.0376. The Labute approximate surface area is 122 Å². The largest absolute Gasteiger partial charge is 0.463 e. The van der Waals surface area contributed by atoms with E-state index in [4.69, 9.17) is 9.47 Å². The van der Waals surface area contributed by atoms with Crippen LogP contribution in [0.3, 0.4) is 0 Å². The molecule has 1 atom stereocenters. The van der Waals surface area contributed by atoms with Crippen molar-refractivity contribution in [2.45, 2.75) is 45.3 Å². The van der Waals surface area contributed by atoms with E-state index < -0.39 is 0 Å². The van der Waals surface area contributed by atoms with Crippen LogP contribution in [0, 0.1) is 0 Å². The maximum atomic E-state index is 12.4. The van der Waals surface area contributed by atoms with Gasteiger partial charge in [0.05, 0.1) is 12.7 Å². The highest BCUT2D eigenvalue weighted by Crippen LogP contribution is 2.17. The molecule has 0 aromatic carbocycles. The second kappa shape index (κ2) is 5.85. The van der Waals surface area contributed by atoms with Crippen LogP contribution >= 0.6 is 0 Å². The summed E-state index contributed by atoms with van der Waals surface area (Å²) in [6, 6.07) is 0.294. The highest BCUT2D eigenvalue weighted by molar-refractivity contribution is 5.34. The van der Waals surface area contributed by atoms with E-state index in [9.17, 15) is 4.79 Å². The van der Waals surface area contributed by atoms with Crippen LogP contribution in [0.15, 0.2) is 17.2 Å². The van der Waals surface area contributed by atoms with Crippen molar-refractivity contribution in [1.29, 1.82) is 0 Å². The van der Waals surface area contributed by atoms with Gasteiger partial charge >= 0.3 is 6.01 Å². The minimum Gasteiger partial charge on any atom is -0.463 e. The first-order chi connectivity index (χ1) is 10.2. The quantitative estimate of drug-likeness (QED) is 0.833. The standard InChI is InChI=1S/C14H20N4O3/c1-10(2)18-13(19)12-15-6-7-17(12)16-14(18)21-9-5-11-4-3-8-20-11/h6-7,10-11H,3-5,8-9H2,1-2H3. The lowest BCUT2D eigenvalue weighted by Gasteiger charge is -2.16. The summed E-state index contributed by atoms with van der Waals surface area (Å²) in [4.78, 5) is 16.4. The van der Waals surface area contributed by atoms with Crippen molar-refractivity contribution in [1.82, 2.24) is 19.2 Å². The van der Waals surface area contributed by atoms with Crippen molar-refractivity contribution in [2.24, 2.45) is 0 Å². The fourth-order valence-corrected chi connectivity index (χ4v) is 2.57. The van der Waals surface area contributed by atoms with Crippen LogP contribution in [0.4, 0.5) is 0 Å². The molecule has 0 N–H and O–H groups in total. The molecule has 2 aromatic rings. The van der Waals surface area contributed by atoms with Crippen LogP contribution in [0.2, 0.25) is 0 Å². The minimum atomic E-state index is -0.183. The fourth-order valence-electron chi connectivity index (χ4n) is 2.57. The van der Waals surface area contributed by atoms with Crippen molar-refractivity contribution in [3.05, 3.63) is 22.7 Å². The number of fused-ring (bicyclic) bond motifs is 1. The number of ether oxygens (including phenoxy) is 2. The molecule has 0 saturated carbocycles. The molecule has 0 spiro atoms. The van der Waals surface area contributed by atoms with Gasteiger partial charge in [0.15, 0.2) is 0 Å².